The van der Waals surface area contributed by atoms with Gasteiger partial charge in [0, 0.05) is 18.1 Å². The third-order valence-electron chi connectivity index (χ3n) is 3.35. The van der Waals surface area contributed by atoms with Gasteiger partial charge >= 0.3 is 0 Å². The smallest absolute Gasteiger partial charge is 0.257 e. The van der Waals surface area contributed by atoms with Crippen molar-refractivity contribution in [2.75, 3.05) is 12.8 Å². The van der Waals surface area contributed by atoms with E-state index >= 15 is 0 Å². The number of hydrogen-bond donors (Lipinski definition) is 0. The summed E-state index contributed by atoms with van der Waals surface area (Å²) >= 11 is 4.72. The standard InChI is InChI=1S/C17H15BrN2O2S/c1-20(10-12-6-8-13(18)9-7-12)16(21)11-23-17-19-14-4-2-3-5-15(14)22-17/h2-9H,10-11H2,1H3. The average molecular weight is 391 g/mol. The van der Waals surface area contributed by atoms with E-state index in [0.29, 0.717) is 17.5 Å². The zero-order valence-corrected chi connectivity index (χ0v) is 14.9. The Balaban J connectivity index is 1.56. The van der Waals surface area contributed by atoms with Crippen molar-refractivity contribution in [1.82, 2.24) is 9.88 Å². The first-order valence-electron chi connectivity index (χ1n) is 7.08. The number of nitrogens with zero attached hydrogens (tertiary/aromatic N) is 2. The van der Waals surface area contributed by atoms with Crippen LogP contribution in [0.5, 0.6) is 0 Å². The fourth-order valence-electron chi connectivity index (χ4n) is 2.10. The molecule has 23 heavy (non-hydrogen) atoms. The normalized spacial score (nSPS) is 10.9. The van der Waals surface area contributed by atoms with E-state index in [1.807, 2.05) is 48.5 Å². The minimum absolute atomic E-state index is 0.0418. The molecule has 0 spiro atoms. The summed E-state index contributed by atoms with van der Waals surface area (Å²) in [6, 6.07) is 15.5. The molecule has 0 aliphatic heterocycles. The third-order valence-corrected chi connectivity index (χ3v) is 4.69. The molecule has 0 radical (unpaired) electrons. The summed E-state index contributed by atoms with van der Waals surface area (Å²) in [6.45, 7) is 0.584. The molecule has 0 saturated heterocycles. The third kappa shape index (κ3) is 4.14. The van der Waals surface area contributed by atoms with Crippen LogP contribution in [0.15, 0.2) is 62.6 Å². The van der Waals surface area contributed by atoms with Crippen LogP contribution in [0.3, 0.4) is 0 Å². The lowest BCUT2D eigenvalue weighted by atomic mass is 10.2. The van der Waals surface area contributed by atoms with Gasteiger partial charge in [0.2, 0.25) is 5.91 Å². The molecule has 0 aliphatic rings. The van der Waals surface area contributed by atoms with Crippen LogP contribution >= 0.6 is 27.7 Å². The Morgan fingerprint density at radius 2 is 1.96 bits per heavy atom. The van der Waals surface area contributed by atoms with Gasteiger partial charge in [-0.1, -0.05) is 52.0 Å². The highest BCUT2D eigenvalue weighted by atomic mass is 79.9. The van der Waals surface area contributed by atoms with Gasteiger partial charge in [-0.15, -0.1) is 0 Å². The van der Waals surface area contributed by atoms with Gasteiger partial charge in [0.05, 0.1) is 5.75 Å². The first kappa shape index (κ1) is 16.1. The summed E-state index contributed by atoms with van der Waals surface area (Å²) in [5.41, 5.74) is 2.65. The maximum Gasteiger partial charge on any atom is 0.257 e. The lowest BCUT2D eigenvalue weighted by Crippen LogP contribution is -2.27. The van der Waals surface area contributed by atoms with Gasteiger partial charge in [-0.2, -0.15) is 0 Å². The van der Waals surface area contributed by atoms with Crippen LogP contribution in [-0.2, 0) is 11.3 Å². The fraction of sp³-hybridized carbons (Fsp3) is 0.176. The molecule has 6 heteroatoms. The highest BCUT2D eigenvalue weighted by Gasteiger charge is 2.13. The maximum absolute atomic E-state index is 12.2. The molecule has 4 nitrogen and oxygen atoms in total. The van der Waals surface area contributed by atoms with Crippen molar-refractivity contribution in [3.8, 4) is 0 Å². The van der Waals surface area contributed by atoms with Gasteiger partial charge in [0.1, 0.15) is 5.52 Å². The quantitative estimate of drug-likeness (QED) is 0.607. The molecule has 0 unspecified atom stereocenters. The SMILES string of the molecule is CN(Cc1ccc(Br)cc1)C(=O)CSc1nc2ccccc2o1. The summed E-state index contributed by atoms with van der Waals surface area (Å²) in [7, 11) is 1.80. The van der Waals surface area contributed by atoms with Gasteiger partial charge in [-0.3, -0.25) is 4.79 Å². The van der Waals surface area contributed by atoms with Crippen LogP contribution in [0.25, 0.3) is 11.1 Å². The topological polar surface area (TPSA) is 46.3 Å². The number of para-hydroxylation sites is 2. The predicted octanol–water partition coefficient (Wildman–Crippen LogP) is 4.34. The van der Waals surface area contributed by atoms with Crippen molar-refractivity contribution >= 4 is 44.7 Å². The molecular weight excluding hydrogens is 376 g/mol. The number of thioether (sulfide) groups is 1. The van der Waals surface area contributed by atoms with Crippen molar-refractivity contribution in [3.63, 3.8) is 0 Å². The van der Waals surface area contributed by atoms with E-state index in [0.717, 1.165) is 21.1 Å². The number of carbonyl (C=O) groups is 1. The first-order valence-corrected chi connectivity index (χ1v) is 8.86. The molecule has 0 saturated carbocycles. The monoisotopic (exact) mass is 390 g/mol. The van der Waals surface area contributed by atoms with Crippen LogP contribution in [0.1, 0.15) is 5.56 Å². The van der Waals surface area contributed by atoms with Gasteiger partial charge in [0.25, 0.3) is 5.22 Å². The van der Waals surface area contributed by atoms with Gasteiger partial charge in [-0.05, 0) is 29.8 Å². The minimum Gasteiger partial charge on any atom is -0.431 e. The fourth-order valence-corrected chi connectivity index (χ4v) is 3.14. The predicted molar refractivity (Wildman–Crippen MR) is 95.3 cm³/mol. The number of amides is 1. The largest absolute Gasteiger partial charge is 0.431 e. The summed E-state index contributed by atoms with van der Waals surface area (Å²) in [5.74, 6) is 0.347. The maximum atomic E-state index is 12.2. The van der Waals surface area contributed by atoms with Crippen molar-refractivity contribution in [2.45, 2.75) is 11.8 Å². The summed E-state index contributed by atoms with van der Waals surface area (Å²) in [6.07, 6.45) is 0. The van der Waals surface area contributed by atoms with Crippen LogP contribution < -0.4 is 0 Å². The lowest BCUT2D eigenvalue weighted by molar-refractivity contribution is -0.127. The number of hydrogen-bond acceptors (Lipinski definition) is 4. The Bertz CT molecular complexity index is 784. The van der Waals surface area contributed by atoms with E-state index in [1.165, 1.54) is 11.8 Å². The van der Waals surface area contributed by atoms with E-state index in [-0.39, 0.29) is 5.91 Å². The van der Waals surface area contributed by atoms with Crippen LogP contribution in [0.4, 0.5) is 0 Å². The molecule has 3 rings (SSSR count). The van der Waals surface area contributed by atoms with Crippen molar-refractivity contribution < 1.29 is 9.21 Å². The highest BCUT2D eigenvalue weighted by molar-refractivity contribution is 9.10. The lowest BCUT2D eigenvalue weighted by Gasteiger charge is -2.16. The van der Waals surface area contributed by atoms with E-state index in [9.17, 15) is 4.79 Å². The Morgan fingerprint density at radius 1 is 1.22 bits per heavy atom. The van der Waals surface area contributed by atoms with Crippen molar-refractivity contribution in [1.29, 1.82) is 0 Å². The van der Waals surface area contributed by atoms with Crippen LogP contribution in [0, 0.1) is 0 Å². The number of halogens is 1. The second kappa shape index (κ2) is 7.19. The average Bonchev–Trinajstić information content (AvgIpc) is 2.97. The Hall–Kier alpha value is -1.79. The second-order valence-electron chi connectivity index (χ2n) is 5.11. The number of benzene rings is 2. The van der Waals surface area contributed by atoms with Gasteiger partial charge in [0.15, 0.2) is 5.58 Å². The molecule has 1 aromatic heterocycles. The Kier molecular flexibility index (Phi) is 5.03. The molecule has 0 bridgehead atoms. The molecule has 118 valence electrons. The van der Waals surface area contributed by atoms with Crippen molar-refractivity contribution in [3.05, 3.63) is 58.6 Å². The molecule has 0 N–H and O–H groups in total. The number of aromatic nitrogens is 1. The summed E-state index contributed by atoms with van der Waals surface area (Å²) < 4.78 is 6.63. The number of oxazole rings is 1. The van der Waals surface area contributed by atoms with Gasteiger partial charge < -0.3 is 9.32 Å². The highest BCUT2D eigenvalue weighted by Crippen LogP contribution is 2.23. The Morgan fingerprint density at radius 3 is 2.70 bits per heavy atom. The van der Waals surface area contributed by atoms with Crippen LogP contribution in [-0.4, -0.2) is 28.6 Å². The minimum atomic E-state index is 0.0418. The van der Waals surface area contributed by atoms with E-state index in [4.69, 9.17) is 4.42 Å². The Labute approximate surface area is 147 Å². The molecular formula is C17H15BrN2O2S. The zero-order chi connectivity index (χ0) is 16.2. The van der Waals surface area contributed by atoms with Crippen LogP contribution in [0.2, 0.25) is 0 Å². The molecule has 1 amide bonds. The first-order chi connectivity index (χ1) is 11.1. The van der Waals surface area contributed by atoms with Gasteiger partial charge in [-0.25, -0.2) is 4.98 Å². The second-order valence-corrected chi connectivity index (χ2v) is 6.95. The molecule has 0 fully saturated rings. The molecule has 1 heterocycles. The zero-order valence-electron chi connectivity index (χ0n) is 12.5. The summed E-state index contributed by atoms with van der Waals surface area (Å²) in [5, 5.41) is 0.525. The number of fused-ring (bicyclic) bond motifs is 1. The van der Waals surface area contributed by atoms with E-state index < -0.39 is 0 Å². The molecule has 2 aromatic carbocycles. The number of carbonyl (C=O) groups excluding carboxylic acids is 1. The summed E-state index contributed by atoms with van der Waals surface area (Å²) in [4.78, 5) is 18.3. The van der Waals surface area contributed by atoms with E-state index in [2.05, 4.69) is 20.9 Å². The molecule has 0 atom stereocenters. The molecule has 0 aliphatic carbocycles. The molecule has 3 aromatic rings. The van der Waals surface area contributed by atoms with Crippen molar-refractivity contribution in [2.24, 2.45) is 0 Å². The van der Waals surface area contributed by atoms with E-state index in [1.54, 1.807) is 11.9 Å². The number of rotatable bonds is 5.